The number of hydrogen-bond donors (Lipinski definition) is 2. The zero-order valence-electron chi connectivity index (χ0n) is 13.1. The molecule has 0 radical (unpaired) electrons. The van der Waals surface area contributed by atoms with Gasteiger partial charge >= 0.3 is 0 Å². The first kappa shape index (κ1) is 17.8. The molecule has 1 rings (SSSR count). The van der Waals surface area contributed by atoms with Crippen molar-refractivity contribution in [2.75, 3.05) is 13.2 Å². The maximum Gasteiger partial charge on any atom is 0.221 e. The number of nitrogens with two attached hydrogens (primary N) is 1. The van der Waals surface area contributed by atoms with E-state index in [0.29, 0.717) is 13.0 Å². The average Bonchev–Trinajstić information content (AvgIpc) is 2.51. The van der Waals surface area contributed by atoms with Gasteiger partial charge in [-0.25, -0.2) is 0 Å². The third-order valence-electron chi connectivity index (χ3n) is 3.09. The lowest BCUT2D eigenvalue weighted by atomic mass is 10.1. The van der Waals surface area contributed by atoms with Gasteiger partial charge in [-0.3, -0.25) is 14.8 Å². The maximum atomic E-state index is 11.5. The van der Waals surface area contributed by atoms with Gasteiger partial charge < -0.3 is 11.1 Å². The van der Waals surface area contributed by atoms with Crippen molar-refractivity contribution < 1.29 is 4.79 Å². The highest BCUT2D eigenvalue weighted by Gasteiger charge is 2.03. The van der Waals surface area contributed by atoms with Crippen molar-refractivity contribution in [1.82, 2.24) is 5.32 Å². The molecule has 3 N–H and O–H groups in total. The molecule has 0 aliphatic rings. The second kappa shape index (κ2) is 10.5. The number of amides is 1. The number of aryl methyl sites for hydroxylation is 1. The summed E-state index contributed by atoms with van der Waals surface area (Å²) in [6.45, 7) is 6.49. The van der Waals surface area contributed by atoms with Crippen molar-refractivity contribution >= 4 is 17.8 Å². The lowest BCUT2D eigenvalue weighted by Crippen LogP contribution is -2.23. The molecule has 0 spiro atoms. The average molecular weight is 300 g/mol. The fourth-order valence-electron chi connectivity index (χ4n) is 1.92. The Morgan fingerprint density at radius 3 is 2.82 bits per heavy atom. The van der Waals surface area contributed by atoms with Crippen LogP contribution in [0.5, 0.6) is 0 Å². The maximum absolute atomic E-state index is 11.5. The van der Waals surface area contributed by atoms with E-state index in [2.05, 4.69) is 21.9 Å². The number of carbonyl (C=O) groups is 1. The monoisotopic (exact) mass is 300 g/mol. The molecule has 118 valence electrons. The van der Waals surface area contributed by atoms with Gasteiger partial charge in [-0.15, -0.1) is 0 Å². The van der Waals surface area contributed by atoms with Gasteiger partial charge in [-0.2, -0.15) is 0 Å². The van der Waals surface area contributed by atoms with Crippen LogP contribution in [-0.2, 0) is 4.79 Å². The highest BCUT2D eigenvalue weighted by molar-refractivity contribution is 6.38. The number of nitrogens with one attached hydrogen (secondary N) is 1. The highest BCUT2D eigenvalue weighted by atomic mass is 16.1. The Bertz CT molecular complexity index is 549. The Morgan fingerprint density at radius 1 is 1.36 bits per heavy atom. The van der Waals surface area contributed by atoms with Gasteiger partial charge in [0.1, 0.15) is 6.67 Å². The smallest absolute Gasteiger partial charge is 0.221 e. The van der Waals surface area contributed by atoms with E-state index in [0.717, 1.165) is 29.7 Å². The Labute approximate surface area is 132 Å². The van der Waals surface area contributed by atoms with Crippen molar-refractivity contribution in [3.05, 3.63) is 48.2 Å². The molecule has 0 unspecified atom stereocenters. The summed E-state index contributed by atoms with van der Waals surface area (Å²) in [6.07, 6.45) is 5.29. The summed E-state index contributed by atoms with van der Waals surface area (Å²) in [5, 5.41) is 2.75. The Hall–Kier alpha value is -2.27. The number of carbonyl (C=O) groups excluding carboxylic acids is 1. The molecule has 22 heavy (non-hydrogen) atoms. The standard InChI is InChI=1S/C17H24N4O/c1-3-20-16(15-9-5-4-8-14(15)2)12-19-13-21-17(22)10-6-7-11-18/h3-5,8-9,12H,1,6-7,10-11,13,18H2,2H3,(H,21,22)/b19-12-,20-16+. The van der Waals surface area contributed by atoms with Crippen molar-refractivity contribution in [3.8, 4) is 0 Å². The minimum Gasteiger partial charge on any atom is -0.337 e. The Morgan fingerprint density at radius 2 is 2.14 bits per heavy atom. The van der Waals surface area contributed by atoms with Crippen LogP contribution >= 0.6 is 0 Å². The number of nitrogens with zero attached hydrogens (tertiary/aromatic N) is 2. The van der Waals surface area contributed by atoms with Crippen LogP contribution in [0.4, 0.5) is 0 Å². The van der Waals surface area contributed by atoms with Gasteiger partial charge in [0.15, 0.2) is 0 Å². The summed E-state index contributed by atoms with van der Waals surface area (Å²) >= 11 is 0. The fourth-order valence-corrected chi connectivity index (χ4v) is 1.92. The molecule has 5 heteroatoms. The molecule has 0 bridgehead atoms. The zero-order valence-corrected chi connectivity index (χ0v) is 13.1. The molecule has 0 aliphatic heterocycles. The number of aliphatic imine (C=N–C) groups is 2. The number of unbranched alkanes of at least 4 members (excludes halogenated alkanes) is 1. The highest BCUT2D eigenvalue weighted by Crippen LogP contribution is 2.08. The van der Waals surface area contributed by atoms with Gasteiger partial charge in [-0.1, -0.05) is 30.8 Å². The van der Waals surface area contributed by atoms with Gasteiger partial charge in [0, 0.05) is 24.4 Å². The van der Waals surface area contributed by atoms with Crippen molar-refractivity contribution in [2.45, 2.75) is 26.2 Å². The van der Waals surface area contributed by atoms with E-state index in [-0.39, 0.29) is 12.6 Å². The molecule has 0 saturated heterocycles. The van der Waals surface area contributed by atoms with Gasteiger partial charge in [0.2, 0.25) is 5.91 Å². The molecule has 0 aromatic heterocycles. The molecule has 0 atom stereocenters. The SMILES string of the molecule is C=C/N=C(\C=N/CNC(=O)CCCCN)c1ccccc1C. The molecule has 0 heterocycles. The lowest BCUT2D eigenvalue weighted by molar-refractivity contribution is -0.121. The number of rotatable bonds is 9. The van der Waals surface area contributed by atoms with Crippen LogP contribution in [0.3, 0.4) is 0 Å². The second-order valence-corrected chi connectivity index (χ2v) is 4.83. The van der Waals surface area contributed by atoms with E-state index in [1.807, 2.05) is 31.2 Å². The summed E-state index contributed by atoms with van der Waals surface area (Å²) in [5.41, 5.74) is 8.23. The van der Waals surface area contributed by atoms with Crippen molar-refractivity contribution in [2.24, 2.45) is 15.7 Å². The van der Waals surface area contributed by atoms with E-state index in [1.54, 1.807) is 6.21 Å². The van der Waals surface area contributed by atoms with Crippen LogP contribution in [0.2, 0.25) is 0 Å². The normalized spacial score (nSPS) is 11.6. The van der Waals surface area contributed by atoms with Crippen LogP contribution < -0.4 is 11.1 Å². The largest absolute Gasteiger partial charge is 0.337 e. The third-order valence-corrected chi connectivity index (χ3v) is 3.09. The van der Waals surface area contributed by atoms with E-state index in [9.17, 15) is 4.79 Å². The van der Waals surface area contributed by atoms with Crippen LogP contribution in [0.15, 0.2) is 47.0 Å². The van der Waals surface area contributed by atoms with Gasteiger partial charge in [-0.05, 0) is 31.9 Å². The first-order valence-electron chi connectivity index (χ1n) is 7.40. The molecule has 1 aromatic rings. The van der Waals surface area contributed by atoms with E-state index in [4.69, 9.17) is 5.73 Å². The number of hydrogen-bond acceptors (Lipinski definition) is 4. The Kier molecular flexibility index (Phi) is 8.45. The van der Waals surface area contributed by atoms with Crippen LogP contribution in [0, 0.1) is 6.92 Å². The lowest BCUT2D eigenvalue weighted by Gasteiger charge is -2.05. The number of benzene rings is 1. The molecule has 0 saturated carbocycles. The van der Waals surface area contributed by atoms with Crippen LogP contribution in [-0.4, -0.2) is 31.0 Å². The quantitative estimate of drug-likeness (QED) is 0.541. The molecular weight excluding hydrogens is 276 g/mol. The second-order valence-electron chi connectivity index (χ2n) is 4.83. The van der Waals surface area contributed by atoms with Gasteiger partial charge in [0.25, 0.3) is 0 Å². The molecule has 5 nitrogen and oxygen atoms in total. The summed E-state index contributed by atoms with van der Waals surface area (Å²) in [4.78, 5) is 20.0. The van der Waals surface area contributed by atoms with E-state index < -0.39 is 0 Å². The predicted octanol–water partition coefficient (Wildman–Crippen LogP) is 2.20. The molecule has 1 aromatic carbocycles. The predicted molar refractivity (Wildman–Crippen MR) is 92.3 cm³/mol. The first-order chi connectivity index (χ1) is 10.7. The first-order valence-corrected chi connectivity index (χ1v) is 7.40. The van der Waals surface area contributed by atoms with Crippen LogP contribution in [0.1, 0.15) is 30.4 Å². The summed E-state index contributed by atoms with van der Waals surface area (Å²) in [5.74, 6) is -0.0105. The minimum atomic E-state index is -0.0105. The molecule has 0 fully saturated rings. The van der Waals surface area contributed by atoms with E-state index >= 15 is 0 Å². The molecular formula is C17H24N4O. The minimum absolute atomic E-state index is 0.0105. The zero-order chi connectivity index (χ0) is 16.2. The summed E-state index contributed by atoms with van der Waals surface area (Å²) in [6, 6.07) is 7.92. The van der Waals surface area contributed by atoms with Crippen molar-refractivity contribution in [1.29, 1.82) is 0 Å². The molecule has 1 amide bonds. The summed E-state index contributed by atoms with van der Waals surface area (Å²) in [7, 11) is 0. The topological polar surface area (TPSA) is 79.8 Å². The Balaban J connectivity index is 2.55. The molecule has 0 aliphatic carbocycles. The third kappa shape index (κ3) is 6.45. The fraction of sp³-hybridized carbons (Fsp3) is 0.353. The summed E-state index contributed by atoms with van der Waals surface area (Å²) < 4.78 is 0. The van der Waals surface area contributed by atoms with Crippen molar-refractivity contribution in [3.63, 3.8) is 0 Å². The van der Waals surface area contributed by atoms with Crippen LogP contribution in [0.25, 0.3) is 0 Å². The van der Waals surface area contributed by atoms with Gasteiger partial charge in [0.05, 0.1) is 5.71 Å². The van der Waals surface area contributed by atoms with E-state index in [1.165, 1.54) is 6.20 Å².